The highest BCUT2D eigenvalue weighted by molar-refractivity contribution is 6.06. The number of hydrogen-bond donors (Lipinski definition) is 0. The van der Waals surface area contributed by atoms with Crippen molar-refractivity contribution in [2.45, 2.75) is 106 Å². The lowest BCUT2D eigenvalue weighted by atomic mass is 9.90. The smallest absolute Gasteiger partial charge is 0.355 e. The first-order valence-electron chi connectivity index (χ1n) is 11.9. The van der Waals surface area contributed by atoms with E-state index in [1.165, 1.54) is 6.42 Å². The summed E-state index contributed by atoms with van der Waals surface area (Å²) in [5, 5.41) is 0. The minimum atomic E-state index is -0.561. The average molecular weight is 433 g/mol. The van der Waals surface area contributed by atoms with Crippen molar-refractivity contribution in [2.75, 3.05) is 6.61 Å². The first kappa shape index (κ1) is 25.2. The Labute approximate surface area is 187 Å². The highest BCUT2D eigenvalue weighted by Gasteiger charge is 2.36. The molecule has 0 aromatic carbocycles. The van der Waals surface area contributed by atoms with Gasteiger partial charge in [-0.2, -0.15) is 0 Å². The third-order valence-corrected chi connectivity index (χ3v) is 6.43. The summed E-state index contributed by atoms with van der Waals surface area (Å²) in [6.45, 7) is 14.2. The molecule has 0 aliphatic heterocycles. The summed E-state index contributed by atoms with van der Waals surface area (Å²) in [5.41, 5.74) is 2.40. The van der Waals surface area contributed by atoms with Crippen molar-refractivity contribution < 1.29 is 19.1 Å². The SMILES string of the molecule is CCOC(=O)c1c(C)c(C(=O)C(C)N(C(=O)CC(C)C)C2CCCCC2)c(C)n1CC. The Hall–Kier alpha value is -2.11. The van der Waals surface area contributed by atoms with E-state index in [1.807, 2.05) is 51.0 Å². The van der Waals surface area contributed by atoms with Crippen LogP contribution in [-0.2, 0) is 16.1 Å². The molecule has 0 N–H and O–H groups in total. The normalized spacial score (nSPS) is 15.7. The maximum Gasteiger partial charge on any atom is 0.355 e. The second kappa shape index (κ2) is 11.0. The number of carbonyl (C=O) groups is 3. The Bertz CT molecular complexity index is 803. The van der Waals surface area contributed by atoms with E-state index in [-0.39, 0.29) is 30.3 Å². The zero-order chi connectivity index (χ0) is 23.3. The van der Waals surface area contributed by atoms with Crippen LogP contribution < -0.4 is 0 Å². The van der Waals surface area contributed by atoms with E-state index in [9.17, 15) is 14.4 Å². The summed E-state index contributed by atoms with van der Waals surface area (Å²) in [7, 11) is 0. The molecule has 0 saturated heterocycles. The molecule has 1 atom stereocenters. The van der Waals surface area contributed by atoms with Crippen LogP contribution in [0, 0.1) is 19.8 Å². The topological polar surface area (TPSA) is 68.6 Å². The molecule has 1 aromatic rings. The van der Waals surface area contributed by atoms with Crippen LogP contribution in [0.3, 0.4) is 0 Å². The van der Waals surface area contributed by atoms with Gasteiger partial charge in [0.1, 0.15) is 5.69 Å². The van der Waals surface area contributed by atoms with Crippen LogP contribution in [0.25, 0.3) is 0 Å². The summed E-state index contributed by atoms with van der Waals surface area (Å²) in [5.74, 6) is -0.202. The van der Waals surface area contributed by atoms with Gasteiger partial charge in [-0.25, -0.2) is 4.79 Å². The third kappa shape index (κ3) is 5.39. The van der Waals surface area contributed by atoms with Crippen LogP contribution in [0.2, 0.25) is 0 Å². The quantitative estimate of drug-likeness (QED) is 0.403. The van der Waals surface area contributed by atoms with Gasteiger partial charge in [-0.1, -0.05) is 33.1 Å². The van der Waals surface area contributed by atoms with E-state index in [1.54, 1.807) is 6.92 Å². The molecular weight excluding hydrogens is 392 g/mol. The van der Waals surface area contributed by atoms with E-state index in [2.05, 4.69) is 0 Å². The fraction of sp³-hybridized carbons (Fsp3) is 0.720. The van der Waals surface area contributed by atoms with Gasteiger partial charge in [0.05, 0.1) is 12.6 Å². The van der Waals surface area contributed by atoms with Crippen LogP contribution in [0.1, 0.15) is 105 Å². The standard InChI is InChI=1S/C25H40N2O4/c1-8-26-18(6)22(17(5)23(26)25(30)31-9-2)24(29)19(7)27(21(28)15-16(3)4)20-13-11-10-12-14-20/h16,19-20H,8-15H2,1-7H3. The third-order valence-electron chi connectivity index (χ3n) is 6.43. The summed E-state index contributed by atoms with van der Waals surface area (Å²) >= 11 is 0. The van der Waals surface area contributed by atoms with Crippen molar-refractivity contribution in [1.29, 1.82) is 0 Å². The number of carbonyl (C=O) groups excluding carboxylic acids is 3. The predicted octanol–water partition coefficient (Wildman–Crippen LogP) is 5.08. The van der Waals surface area contributed by atoms with Gasteiger partial charge in [-0.3, -0.25) is 9.59 Å². The molecule has 1 fully saturated rings. The van der Waals surface area contributed by atoms with Crippen LogP contribution >= 0.6 is 0 Å². The molecular formula is C25H40N2O4. The fourth-order valence-electron chi connectivity index (χ4n) is 5.00. The highest BCUT2D eigenvalue weighted by atomic mass is 16.5. The Morgan fingerprint density at radius 2 is 1.68 bits per heavy atom. The molecule has 6 heteroatoms. The minimum Gasteiger partial charge on any atom is -0.461 e. The molecule has 1 amide bonds. The van der Waals surface area contributed by atoms with Crippen LogP contribution in [-0.4, -0.2) is 45.8 Å². The van der Waals surface area contributed by atoms with Gasteiger partial charge in [0.15, 0.2) is 5.78 Å². The molecule has 0 bridgehead atoms. The van der Waals surface area contributed by atoms with Gasteiger partial charge < -0.3 is 14.2 Å². The summed E-state index contributed by atoms with van der Waals surface area (Å²) in [4.78, 5) is 41.4. The second-order valence-corrected chi connectivity index (χ2v) is 9.13. The molecule has 1 aliphatic rings. The Balaban J connectivity index is 2.46. The molecule has 1 heterocycles. The molecule has 1 unspecified atom stereocenters. The van der Waals surface area contributed by atoms with E-state index in [4.69, 9.17) is 4.74 Å². The summed E-state index contributed by atoms with van der Waals surface area (Å²) in [6, 6.07) is -0.452. The van der Waals surface area contributed by atoms with Crippen LogP contribution in [0.15, 0.2) is 0 Å². The van der Waals surface area contributed by atoms with E-state index < -0.39 is 12.0 Å². The Morgan fingerprint density at radius 1 is 1.06 bits per heavy atom. The number of esters is 1. The molecule has 1 aliphatic carbocycles. The number of hydrogen-bond acceptors (Lipinski definition) is 4. The van der Waals surface area contributed by atoms with Crippen LogP contribution in [0.5, 0.6) is 0 Å². The number of nitrogens with zero attached hydrogens (tertiary/aromatic N) is 2. The molecule has 1 saturated carbocycles. The molecule has 2 rings (SSSR count). The van der Waals surface area contributed by atoms with Crippen molar-refractivity contribution in [3.8, 4) is 0 Å². The lowest BCUT2D eigenvalue weighted by molar-refractivity contribution is -0.136. The summed E-state index contributed by atoms with van der Waals surface area (Å²) < 4.78 is 7.10. The van der Waals surface area contributed by atoms with Crippen molar-refractivity contribution >= 4 is 17.7 Å². The van der Waals surface area contributed by atoms with E-state index >= 15 is 0 Å². The number of rotatable bonds is 9. The van der Waals surface area contributed by atoms with Gasteiger partial charge in [0.25, 0.3) is 0 Å². The zero-order valence-electron chi connectivity index (χ0n) is 20.4. The highest BCUT2D eigenvalue weighted by Crippen LogP contribution is 2.30. The molecule has 0 spiro atoms. The van der Waals surface area contributed by atoms with Crippen molar-refractivity contribution in [3.63, 3.8) is 0 Å². The van der Waals surface area contributed by atoms with Crippen molar-refractivity contribution in [1.82, 2.24) is 9.47 Å². The Kier molecular flexibility index (Phi) is 8.90. The van der Waals surface area contributed by atoms with Crippen molar-refractivity contribution in [2.24, 2.45) is 5.92 Å². The van der Waals surface area contributed by atoms with Gasteiger partial charge in [0, 0.05) is 30.3 Å². The molecule has 6 nitrogen and oxygen atoms in total. The monoisotopic (exact) mass is 432 g/mol. The Morgan fingerprint density at radius 3 is 2.19 bits per heavy atom. The van der Waals surface area contributed by atoms with Gasteiger partial charge >= 0.3 is 5.97 Å². The molecule has 31 heavy (non-hydrogen) atoms. The average Bonchev–Trinajstić information content (AvgIpc) is 2.97. The number of ketones is 1. The van der Waals surface area contributed by atoms with Crippen LogP contribution in [0.4, 0.5) is 0 Å². The lowest BCUT2D eigenvalue weighted by Crippen LogP contribution is -2.50. The van der Waals surface area contributed by atoms with Gasteiger partial charge in [-0.15, -0.1) is 0 Å². The largest absolute Gasteiger partial charge is 0.461 e. The minimum absolute atomic E-state index is 0.0543. The van der Waals surface area contributed by atoms with E-state index in [0.29, 0.717) is 29.8 Å². The second-order valence-electron chi connectivity index (χ2n) is 9.13. The maximum atomic E-state index is 13.8. The number of aromatic nitrogens is 1. The summed E-state index contributed by atoms with van der Waals surface area (Å²) in [6.07, 6.45) is 5.71. The number of amides is 1. The zero-order valence-corrected chi connectivity index (χ0v) is 20.4. The first-order chi connectivity index (χ1) is 14.6. The van der Waals surface area contributed by atoms with Crippen molar-refractivity contribution in [3.05, 3.63) is 22.5 Å². The van der Waals surface area contributed by atoms with Gasteiger partial charge in [-0.05, 0) is 58.9 Å². The molecule has 0 radical (unpaired) electrons. The lowest BCUT2D eigenvalue weighted by Gasteiger charge is -2.38. The van der Waals surface area contributed by atoms with E-state index in [0.717, 1.165) is 31.4 Å². The number of Topliss-reactive ketones (excluding diaryl/α,β-unsaturated/α-hetero) is 1. The fourth-order valence-corrected chi connectivity index (χ4v) is 5.00. The number of ether oxygens (including phenoxy) is 1. The maximum absolute atomic E-state index is 13.8. The predicted molar refractivity (Wildman–Crippen MR) is 123 cm³/mol. The van der Waals surface area contributed by atoms with Gasteiger partial charge in [0.2, 0.25) is 5.91 Å². The first-order valence-corrected chi connectivity index (χ1v) is 11.9. The molecule has 174 valence electrons. The molecule has 1 aromatic heterocycles.